The summed E-state index contributed by atoms with van der Waals surface area (Å²) >= 11 is 0. The Balaban J connectivity index is 1.13. The molecule has 0 unspecified atom stereocenters. The molecule has 0 aliphatic heterocycles. The Labute approximate surface area is 312 Å². The molecule has 252 valence electrons. The number of aromatic nitrogens is 3. The Hall–Kier alpha value is -7.23. The molecule has 0 aliphatic carbocycles. The van der Waals surface area contributed by atoms with E-state index in [4.69, 9.17) is 4.98 Å². The van der Waals surface area contributed by atoms with E-state index in [9.17, 15) is 0 Å². The predicted molar refractivity (Wildman–Crippen MR) is 227 cm³/mol. The second kappa shape index (κ2) is 12.2. The van der Waals surface area contributed by atoms with Crippen LogP contribution in [0.4, 0.5) is 0 Å². The minimum Gasteiger partial charge on any atom is -0.309 e. The molecule has 0 saturated carbocycles. The molecular weight excluding hydrogens is 655 g/mol. The first kappa shape index (κ1) is 30.4. The maximum atomic E-state index is 5.23. The quantitative estimate of drug-likeness (QED) is 0.177. The average molecular weight is 688 g/mol. The van der Waals surface area contributed by atoms with E-state index in [1.165, 1.54) is 59.9 Å². The average Bonchev–Trinajstić information content (AvgIpc) is 3.77. The van der Waals surface area contributed by atoms with E-state index in [-0.39, 0.29) is 0 Å². The van der Waals surface area contributed by atoms with Gasteiger partial charge in [-0.25, -0.2) is 4.98 Å². The summed E-state index contributed by atoms with van der Waals surface area (Å²) in [7, 11) is 0. The Morgan fingerprint density at radius 2 is 0.870 bits per heavy atom. The van der Waals surface area contributed by atoms with Gasteiger partial charge in [-0.3, -0.25) is 0 Å². The summed E-state index contributed by atoms with van der Waals surface area (Å²) in [5, 5.41) is 7.43. The lowest BCUT2D eigenvalue weighted by atomic mass is 9.98. The molecule has 0 N–H and O–H groups in total. The van der Waals surface area contributed by atoms with E-state index >= 15 is 0 Å². The fraction of sp³-hybridized carbons (Fsp3) is 0. The van der Waals surface area contributed by atoms with Crippen LogP contribution in [0.5, 0.6) is 0 Å². The van der Waals surface area contributed by atoms with Gasteiger partial charge in [0.1, 0.15) is 0 Å². The van der Waals surface area contributed by atoms with E-state index in [1.54, 1.807) is 0 Å². The molecule has 0 aliphatic rings. The van der Waals surface area contributed by atoms with E-state index in [0.29, 0.717) is 0 Å². The van der Waals surface area contributed by atoms with Gasteiger partial charge in [-0.1, -0.05) is 140 Å². The topological polar surface area (TPSA) is 22.8 Å². The maximum absolute atomic E-state index is 5.23. The number of rotatable bonds is 5. The molecule has 0 fully saturated rings. The van der Waals surface area contributed by atoms with Crippen molar-refractivity contribution in [2.24, 2.45) is 0 Å². The van der Waals surface area contributed by atoms with Crippen molar-refractivity contribution in [3.05, 3.63) is 200 Å². The summed E-state index contributed by atoms with van der Waals surface area (Å²) in [6.07, 6.45) is 0. The first-order chi connectivity index (χ1) is 26.8. The predicted octanol–water partition coefficient (Wildman–Crippen LogP) is 13.4. The van der Waals surface area contributed by atoms with Gasteiger partial charge >= 0.3 is 0 Å². The van der Waals surface area contributed by atoms with E-state index < -0.39 is 0 Å². The molecule has 11 rings (SSSR count). The maximum Gasteiger partial charge on any atom is 0.0715 e. The first-order valence-electron chi connectivity index (χ1n) is 18.5. The van der Waals surface area contributed by atoms with Gasteiger partial charge in [-0.15, -0.1) is 0 Å². The highest BCUT2D eigenvalue weighted by Crippen LogP contribution is 2.43. The molecule has 0 amide bonds. The fourth-order valence-corrected chi connectivity index (χ4v) is 8.49. The largest absolute Gasteiger partial charge is 0.309 e. The highest BCUT2D eigenvalue weighted by molar-refractivity contribution is 6.29. The number of benzene rings is 8. The van der Waals surface area contributed by atoms with Crippen molar-refractivity contribution in [3.63, 3.8) is 0 Å². The normalized spacial score (nSPS) is 11.7. The summed E-state index contributed by atoms with van der Waals surface area (Å²) in [4.78, 5) is 5.23. The monoisotopic (exact) mass is 687 g/mol. The van der Waals surface area contributed by atoms with Crippen molar-refractivity contribution in [2.75, 3.05) is 0 Å². The molecule has 3 heterocycles. The van der Waals surface area contributed by atoms with Crippen molar-refractivity contribution < 1.29 is 0 Å². The van der Waals surface area contributed by atoms with Crippen LogP contribution in [0, 0.1) is 0 Å². The molecule has 54 heavy (non-hydrogen) atoms. The summed E-state index contributed by atoms with van der Waals surface area (Å²) in [6, 6.07) is 71.9. The highest BCUT2D eigenvalue weighted by atomic mass is 15.0. The summed E-state index contributed by atoms with van der Waals surface area (Å²) in [5.41, 5.74) is 13.6. The lowest BCUT2D eigenvalue weighted by Gasteiger charge is -2.14. The molecule has 0 atom stereocenters. The summed E-state index contributed by atoms with van der Waals surface area (Å²) in [5.74, 6) is 0. The van der Waals surface area contributed by atoms with E-state index in [2.05, 4.69) is 209 Å². The van der Waals surface area contributed by atoms with Crippen LogP contribution in [-0.2, 0) is 0 Å². The van der Waals surface area contributed by atoms with Crippen LogP contribution < -0.4 is 0 Å². The zero-order valence-electron chi connectivity index (χ0n) is 29.4. The molecule has 0 spiro atoms. The highest BCUT2D eigenvalue weighted by Gasteiger charge is 2.21. The standard InChI is InChI=1S/C51H33N3/c1-4-15-34(16-5-1)38-32-43(35-17-6-2-7-18-35)52-44(33-38)37-27-28-40-36(31-37)19-14-26-45(40)54-47-25-13-11-23-42(47)51-49(54)30-29-48-50(51)41-22-10-12-24-46(41)53(48)39-20-8-3-9-21-39/h1-33H. The van der Waals surface area contributed by atoms with Crippen molar-refractivity contribution in [1.82, 2.24) is 14.1 Å². The SMILES string of the molecule is c1ccc(-c2cc(-c3ccccc3)nc(-c3ccc4c(-n5c6ccccc6c6c7c8ccccc8n(-c8ccccc8)c7ccc65)cccc4c3)c2)cc1. The molecule has 11 aromatic rings. The number of fused-ring (bicyclic) bond motifs is 8. The Bertz CT molecular complexity index is 3130. The zero-order valence-corrected chi connectivity index (χ0v) is 29.4. The second-order valence-electron chi connectivity index (χ2n) is 14.0. The smallest absolute Gasteiger partial charge is 0.0715 e. The number of hydrogen-bond acceptors (Lipinski definition) is 1. The van der Waals surface area contributed by atoms with Gasteiger partial charge in [0.05, 0.1) is 39.1 Å². The molecule has 3 heteroatoms. The minimum absolute atomic E-state index is 0.955. The molecular formula is C51H33N3. The van der Waals surface area contributed by atoms with Crippen LogP contribution in [0.2, 0.25) is 0 Å². The lowest BCUT2D eigenvalue weighted by Crippen LogP contribution is -1.96. The third kappa shape index (κ3) is 4.72. The van der Waals surface area contributed by atoms with Crippen LogP contribution in [0.25, 0.3) is 99.4 Å². The van der Waals surface area contributed by atoms with Crippen molar-refractivity contribution >= 4 is 54.4 Å². The van der Waals surface area contributed by atoms with Gasteiger partial charge < -0.3 is 9.13 Å². The molecule has 8 aromatic carbocycles. The van der Waals surface area contributed by atoms with Crippen LogP contribution in [0.15, 0.2) is 200 Å². The van der Waals surface area contributed by atoms with Crippen LogP contribution in [0.3, 0.4) is 0 Å². The van der Waals surface area contributed by atoms with Gasteiger partial charge in [-0.2, -0.15) is 0 Å². The Kier molecular flexibility index (Phi) is 6.86. The van der Waals surface area contributed by atoms with E-state index in [0.717, 1.165) is 39.5 Å². The van der Waals surface area contributed by atoms with Crippen molar-refractivity contribution in [2.45, 2.75) is 0 Å². The molecule has 0 bridgehead atoms. The van der Waals surface area contributed by atoms with Crippen molar-refractivity contribution in [3.8, 4) is 45.0 Å². The summed E-state index contributed by atoms with van der Waals surface area (Å²) in [6.45, 7) is 0. The summed E-state index contributed by atoms with van der Waals surface area (Å²) < 4.78 is 4.86. The number of nitrogens with zero attached hydrogens (tertiary/aromatic N) is 3. The Morgan fingerprint density at radius 1 is 0.315 bits per heavy atom. The van der Waals surface area contributed by atoms with Gasteiger partial charge in [0, 0.05) is 43.7 Å². The fourth-order valence-electron chi connectivity index (χ4n) is 8.49. The van der Waals surface area contributed by atoms with Gasteiger partial charge in [0.2, 0.25) is 0 Å². The van der Waals surface area contributed by atoms with Gasteiger partial charge in [-0.05, 0) is 77.2 Å². The van der Waals surface area contributed by atoms with Gasteiger partial charge in [0.15, 0.2) is 0 Å². The number of pyridine rings is 1. The molecule has 3 aromatic heterocycles. The van der Waals surface area contributed by atoms with E-state index in [1.807, 2.05) is 0 Å². The van der Waals surface area contributed by atoms with Crippen molar-refractivity contribution in [1.29, 1.82) is 0 Å². The third-order valence-corrected chi connectivity index (χ3v) is 10.9. The number of para-hydroxylation sites is 3. The number of hydrogen-bond donors (Lipinski definition) is 0. The zero-order chi connectivity index (χ0) is 35.6. The second-order valence-corrected chi connectivity index (χ2v) is 14.0. The third-order valence-electron chi connectivity index (χ3n) is 10.9. The van der Waals surface area contributed by atoms with Crippen LogP contribution in [-0.4, -0.2) is 14.1 Å². The molecule has 3 nitrogen and oxygen atoms in total. The molecule has 0 radical (unpaired) electrons. The minimum atomic E-state index is 0.955. The molecule has 0 saturated heterocycles. The Morgan fingerprint density at radius 3 is 1.56 bits per heavy atom. The first-order valence-corrected chi connectivity index (χ1v) is 18.5. The van der Waals surface area contributed by atoms with Crippen LogP contribution >= 0.6 is 0 Å². The van der Waals surface area contributed by atoms with Crippen LogP contribution in [0.1, 0.15) is 0 Å². The lowest BCUT2D eigenvalue weighted by molar-refractivity contribution is 1.18. The van der Waals surface area contributed by atoms with Gasteiger partial charge in [0.25, 0.3) is 0 Å².